The van der Waals surface area contributed by atoms with E-state index in [9.17, 15) is 18.4 Å². The van der Waals surface area contributed by atoms with Crippen LogP contribution < -0.4 is 10.1 Å². The molecule has 0 atom stereocenters. The first-order valence-electron chi connectivity index (χ1n) is 6.71. The Morgan fingerprint density at radius 3 is 2.26 bits per heavy atom. The van der Waals surface area contributed by atoms with E-state index in [-0.39, 0.29) is 11.3 Å². The number of esters is 2. The van der Waals surface area contributed by atoms with Crippen LogP contribution in [0.1, 0.15) is 13.8 Å². The molecule has 2 rings (SSSR count). The van der Waals surface area contributed by atoms with Crippen LogP contribution in [0.15, 0.2) is 36.0 Å². The third-order valence-corrected chi connectivity index (χ3v) is 2.73. The fraction of sp³-hybridized carbons (Fsp3) is 0.333. The van der Waals surface area contributed by atoms with Crippen molar-refractivity contribution in [3.8, 4) is 5.75 Å². The first-order valence-corrected chi connectivity index (χ1v) is 6.71. The van der Waals surface area contributed by atoms with Gasteiger partial charge < -0.3 is 19.5 Å². The Kier molecular flexibility index (Phi) is 4.83. The Morgan fingerprint density at radius 1 is 1.17 bits per heavy atom. The van der Waals surface area contributed by atoms with Gasteiger partial charge in [-0.15, -0.1) is 0 Å². The maximum atomic E-state index is 12.0. The van der Waals surface area contributed by atoms with Crippen LogP contribution >= 0.6 is 0 Å². The minimum atomic E-state index is -2.55. The zero-order valence-electron chi connectivity index (χ0n) is 12.5. The monoisotopic (exact) mass is 327 g/mol. The van der Waals surface area contributed by atoms with Gasteiger partial charge in [-0.2, -0.15) is 0 Å². The van der Waals surface area contributed by atoms with Gasteiger partial charge in [-0.05, 0) is 24.3 Å². The minimum Gasteiger partial charge on any atom is -0.488 e. The molecule has 0 bridgehead atoms. The molecule has 8 heteroatoms. The highest BCUT2D eigenvalue weighted by atomic mass is 19.3. The van der Waals surface area contributed by atoms with Crippen LogP contribution in [-0.2, 0) is 19.1 Å². The summed E-state index contributed by atoms with van der Waals surface area (Å²) in [5.41, 5.74) is 0.245. The van der Waals surface area contributed by atoms with Crippen molar-refractivity contribution in [2.75, 3.05) is 11.9 Å². The smallest absolute Gasteiger partial charge is 0.350 e. The van der Waals surface area contributed by atoms with E-state index in [4.69, 9.17) is 14.2 Å². The lowest BCUT2D eigenvalue weighted by molar-refractivity contribution is -0.222. The number of anilines is 1. The Labute approximate surface area is 131 Å². The summed E-state index contributed by atoms with van der Waals surface area (Å²) < 4.78 is 38.8. The minimum absolute atomic E-state index is 0.276. The van der Waals surface area contributed by atoms with Crippen LogP contribution in [0, 0.1) is 0 Å². The van der Waals surface area contributed by atoms with E-state index < -0.39 is 30.8 Å². The number of halogens is 2. The largest absolute Gasteiger partial charge is 0.488 e. The van der Waals surface area contributed by atoms with E-state index >= 15 is 0 Å². The predicted octanol–water partition coefficient (Wildman–Crippen LogP) is 2.46. The summed E-state index contributed by atoms with van der Waals surface area (Å²) in [6.45, 7) is 2.21. The Bertz CT molecular complexity index is 603. The van der Waals surface area contributed by atoms with Crippen LogP contribution in [0.25, 0.3) is 0 Å². The van der Waals surface area contributed by atoms with Gasteiger partial charge in [0.1, 0.15) is 12.4 Å². The second-order valence-electron chi connectivity index (χ2n) is 5.11. The van der Waals surface area contributed by atoms with Crippen LogP contribution in [0.3, 0.4) is 0 Å². The molecule has 1 N–H and O–H groups in total. The maximum absolute atomic E-state index is 12.0. The lowest BCUT2D eigenvalue weighted by Crippen LogP contribution is -2.42. The van der Waals surface area contributed by atoms with Crippen molar-refractivity contribution in [2.24, 2.45) is 0 Å². The standard InChI is InChI=1S/C15H15F2NO5/c1-15(2)22-13(19)11(14(20)23-15)7-18-9-3-5-10(6-4-9)21-8-12(16)17/h3-7,12,18H,8H2,1-2H3. The number of alkyl halides is 2. The van der Waals surface area contributed by atoms with Gasteiger partial charge in [-0.1, -0.05) is 0 Å². The average molecular weight is 327 g/mol. The molecular formula is C15H15F2NO5. The molecule has 1 aromatic rings. The van der Waals surface area contributed by atoms with Crippen molar-refractivity contribution in [2.45, 2.75) is 26.1 Å². The van der Waals surface area contributed by atoms with Gasteiger partial charge in [0.2, 0.25) is 0 Å². The number of hydrogen-bond acceptors (Lipinski definition) is 6. The molecule has 23 heavy (non-hydrogen) atoms. The summed E-state index contributed by atoms with van der Waals surface area (Å²) in [5, 5.41) is 2.73. The Balaban J connectivity index is 1.99. The molecule has 1 aliphatic heterocycles. The van der Waals surface area contributed by atoms with Crippen LogP contribution in [0.5, 0.6) is 5.75 Å². The van der Waals surface area contributed by atoms with E-state index in [1.807, 2.05) is 0 Å². The van der Waals surface area contributed by atoms with Gasteiger partial charge in [0.25, 0.3) is 12.2 Å². The number of carbonyl (C=O) groups excluding carboxylic acids is 2. The van der Waals surface area contributed by atoms with E-state index in [2.05, 4.69) is 5.32 Å². The molecule has 0 aromatic heterocycles. The van der Waals surface area contributed by atoms with Crippen molar-refractivity contribution in [3.63, 3.8) is 0 Å². The molecule has 1 saturated heterocycles. The SMILES string of the molecule is CC1(C)OC(=O)C(=CNc2ccc(OCC(F)F)cc2)C(=O)O1. The maximum Gasteiger partial charge on any atom is 0.350 e. The zero-order valence-corrected chi connectivity index (χ0v) is 12.5. The molecule has 6 nitrogen and oxygen atoms in total. The second-order valence-corrected chi connectivity index (χ2v) is 5.11. The molecule has 1 heterocycles. The van der Waals surface area contributed by atoms with Gasteiger partial charge in [0.05, 0.1) is 0 Å². The number of rotatable bonds is 5. The van der Waals surface area contributed by atoms with E-state index in [1.54, 1.807) is 12.1 Å². The van der Waals surface area contributed by atoms with Crippen molar-refractivity contribution >= 4 is 17.6 Å². The van der Waals surface area contributed by atoms with Crippen molar-refractivity contribution in [1.82, 2.24) is 0 Å². The number of hydrogen-bond donors (Lipinski definition) is 1. The highest BCUT2D eigenvalue weighted by Gasteiger charge is 2.38. The summed E-state index contributed by atoms with van der Waals surface area (Å²) in [6.07, 6.45) is -1.39. The highest BCUT2D eigenvalue weighted by Crippen LogP contribution is 2.23. The van der Waals surface area contributed by atoms with E-state index in [0.717, 1.165) is 6.20 Å². The summed E-state index contributed by atoms with van der Waals surface area (Å²) in [4.78, 5) is 23.4. The third-order valence-electron chi connectivity index (χ3n) is 2.73. The van der Waals surface area contributed by atoms with Crippen LogP contribution in [0.4, 0.5) is 14.5 Å². The molecule has 1 aliphatic rings. The molecule has 0 saturated carbocycles. The van der Waals surface area contributed by atoms with E-state index in [0.29, 0.717) is 5.69 Å². The summed E-state index contributed by atoms with van der Waals surface area (Å²) >= 11 is 0. The Hall–Kier alpha value is -2.64. The summed E-state index contributed by atoms with van der Waals surface area (Å²) in [7, 11) is 0. The van der Waals surface area contributed by atoms with Gasteiger partial charge >= 0.3 is 11.9 Å². The molecule has 0 unspecified atom stereocenters. The van der Waals surface area contributed by atoms with Gasteiger partial charge in [0.15, 0.2) is 5.57 Å². The molecular weight excluding hydrogens is 312 g/mol. The van der Waals surface area contributed by atoms with Crippen molar-refractivity contribution in [1.29, 1.82) is 0 Å². The van der Waals surface area contributed by atoms with Gasteiger partial charge in [0, 0.05) is 25.7 Å². The number of benzene rings is 1. The van der Waals surface area contributed by atoms with Crippen LogP contribution in [0.2, 0.25) is 0 Å². The molecule has 0 radical (unpaired) electrons. The van der Waals surface area contributed by atoms with Gasteiger partial charge in [-0.25, -0.2) is 18.4 Å². The fourth-order valence-electron chi connectivity index (χ4n) is 1.74. The number of nitrogens with one attached hydrogen (secondary N) is 1. The Morgan fingerprint density at radius 2 is 1.74 bits per heavy atom. The second kappa shape index (κ2) is 6.64. The first kappa shape index (κ1) is 16.7. The first-order chi connectivity index (χ1) is 10.8. The topological polar surface area (TPSA) is 73.9 Å². The molecule has 0 spiro atoms. The quantitative estimate of drug-likeness (QED) is 0.509. The van der Waals surface area contributed by atoms with Crippen LogP contribution in [-0.4, -0.2) is 30.8 Å². The predicted molar refractivity (Wildman–Crippen MR) is 75.9 cm³/mol. The molecule has 124 valence electrons. The number of cyclic esters (lactones) is 2. The normalized spacial score (nSPS) is 16.7. The van der Waals surface area contributed by atoms with E-state index in [1.165, 1.54) is 26.0 Å². The number of ether oxygens (including phenoxy) is 3. The van der Waals surface area contributed by atoms with Crippen molar-refractivity contribution < 1.29 is 32.6 Å². The average Bonchev–Trinajstić information content (AvgIpc) is 2.44. The molecule has 1 fully saturated rings. The van der Waals surface area contributed by atoms with Gasteiger partial charge in [-0.3, -0.25) is 0 Å². The number of carbonyl (C=O) groups is 2. The highest BCUT2D eigenvalue weighted by molar-refractivity contribution is 6.15. The lowest BCUT2D eigenvalue weighted by Gasteiger charge is -2.29. The lowest BCUT2D eigenvalue weighted by atomic mass is 10.2. The fourth-order valence-corrected chi connectivity index (χ4v) is 1.74. The van der Waals surface area contributed by atoms with Crippen molar-refractivity contribution in [3.05, 3.63) is 36.0 Å². The molecule has 0 amide bonds. The zero-order chi connectivity index (χ0) is 17.0. The summed E-state index contributed by atoms with van der Waals surface area (Å²) in [5.74, 6) is -2.61. The molecule has 1 aromatic carbocycles. The molecule has 0 aliphatic carbocycles. The summed E-state index contributed by atoms with van der Waals surface area (Å²) in [6, 6.07) is 6.04. The third kappa shape index (κ3) is 4.67.